The zero-order chi connectivity index (χ0) is 13.3. The van der Waals surface area contributed by atoms with E-state index in [1.54, 1.807) is 13.8 Å². The van der Waals surface area contributed by atoms with E-state index in [1.807, 2.05) is 6.92 Å². The standard InChI is InChI=1S/C13H22O4/c1-5-9-10-13(6-2,11(14)16-7-3)12(15)17-8-4/h6H,2,5,7-10H2,1,3-4H3. The lowest BCUT2D eigenvalue weighted by molar-refractivity contribution is -0.168. The van der Waals surface area contributed by atoms with Gasteiger partial charge in [0, 0.05) is 0 Å². The molecule has 0 heterocycles. The zero-order valence-electron chi connectivity index (χ0n) is 11.0. The summed E-state index contributed by atoms with van der Waals surface area (Å²) in [5, 5.41) is 0. The zero-order valence-corrected chi connectivity index (χ0v) is 11.0. The van der Waals surface area contributed by atoms with Crippen LogP contribution in [0.25, 0.3) is 0 Å². The van der Waals surface area contributed by atoms with Crippen molar-refractivity contribution >= 4 is 11.9 Å². The largest absolute Gasteiger partial charge is 0.465 e. The van der Waals surface area contributed by atoms with Crippen LogP contribution in [0, 0.1) is 5.41 Å². The van der Waals surface area contributed by atoms with Crippen molar-refractivity contribution in [1.82, 2.24) is 0 Å². The van der Waals surface area contributed by atoms with Crippen LogP contribution >= 0.6 is 0 Å². The second kappa shape index (κ2) is 7.87. The van der Waals surface area contributed by atoms with Crippen LogP contribution in [0.3, 0.4) is 0 Å². The Balaban J connectivity index is 5.05. The highest BCUT2D eigenvalue weighted by molar-refractivity contribution is 6.02. The molecule has 0 saturated carbocycles. The summed E-state index contributed by atoms with van der Waals surface area (Å²) in [5.41, 5.74) is -1.35. The quantitative estimate of drug-likeness (QED) is 0.373. The first-order chi connectivity index (χ1) is 8.08. The van der Waals surface area contributed by atoms with E-state index in [-0.39, 0.29) is 13.2 Å². The molecule has 4 nitrogen and oxygen atoms in total. The van der Waals surface area contributed by atoms with Crippen molar-refractivity contribution in [1.29, 1.82) is 0 Å². The molecule has 0 bridgehead atoms. The third-order valence-electron chi connectivity index (χ3n) is 2.55. The summed E-state index contributed by atoms with van der Waals surface area (Å²) in [7, 11) is 0. The number of carbonyl (C=O) groups excluding carboxylic acids is 2. The van der Waals surface area contributed by atoms with Crippen LogP contribution in [-0.2, 0) is 19.1 Å². The molecule has 98 valence electrons. The van der Waals surface area contributed by atoms with E-state index in [0.717, 1.165) is 12.8 Å². The van der Waals surface area contributed by atoms with E-state index in [9.17, 15) is 9.59 Å². The summed E-state index contributed by atoms with van der Waals surface area (Å²) >= 11 is 0. The molecule has 0 aromatic heterocycles. The molecule has 0 aliphatic carbocycles. The molecular formula is C13H22O4. The summed E-state index contributed by atoms with van der Waals surface area (Å²) in [6, 6.07) is 0. The number of ether oxygens (including phenoxy) is 2. The lowest BCUT2D eigenvalue weighted by Crippen LogP contribution is -2.40. The molecule has 0 saturated heterocycles. The van der Waals surface area contributed by atoms with Crippen LogP contribution in [0.2, 0.25) is 0 Å². The van der Waals surface area contributed by atoms with Gasteiger partial charge in [0.1, 0.15) is 0 Å². The number of rotatable bonds is 8. The molecule has 0 aliphatic rings. The third-order valence-corrected chi connectivity index (χ3v) is 2.55. The molecule has 0 aliphatic heterocycles. The SMILES string of the molecule is C=CC(CCCC)(C(=O)OCC)C(=O)OCC. The topological polar surface area (TPSA) is 52.6 Å². The maximum Gasteiger partial charge on any atom is 0.327 e. The Labute approximate surface area is 103 Å². The van der Waals surface area contributed by atoms with Crippen molar-refractivity contribution in [2.24, 2.45) is 5.41 Å². The predicted molar refractivity (Wildman–Crippen MR) is 65.4 cm³/mol. The van der Waals surface area contributed by atoms with Gasteiger partial charge in [-0.15, -0.1) is 6.58 Å². The monoisotopic (exact) mass is 242 g/mol. The highest BCUT2D eigenvalue weighted by Crippen LogP contribution is 2.30. The fourth-order valence-electron chi connectivity index (χ4n) is 1.53. The van der Waals surface area contributed by atoms with Crippen molar-refractivity contribution in [3.63, 3.8) is 0 Å². The number of hydrogen-bond donors (Lipinski definition) is 0. The molecule has 0 spiro atoms. The third kappa shape index (κ3) is 3.88. The molecule has 0 amide bonds. The van der Waals surface area contributed by atoms with Gasteiger partial charge >= 0.3 is 11.9 Å². The number of esters is 2. The first-order valence-electron chi connectivity index (χ1n) is 6.07. The molecule has 0 radical (unpaired) electrons. The maximum absolute atomic E-state index is 11.9. The Morgan fingerprint density at radius 3 is 1.88 bits per heavy atom. The van der Waals surface area contributed by atoms with E-state index in [0.29, 0.717) is 6.42 Å². The summed E-state index contributed by atoms with van der Waals surface area (Å²) in [4.78, 5) is 23.8. The molecule has 0 fully saturated rings. The van der Waals surface area contributed by atoms with Crippen LogP contribution in [-0.4, -0.2) is 25.2 Å². The first-order valence-corrected chi connectivity index (χ1v) is 6.07. The fourth-order valence-corrected chi connectivity index (χ4v) is 1.53. The van der Waals surface area contributed by atoms with Gasteiger partial charge in [0.25, 0.3) is 0 Å². The van der Waals surface area contributed by atoms with Gasteiger partial charge in [0.15, 0.2) is 5.41 Å². The normalized spacial score (nSPS) is 10.8. The van der Waals surface area contributed by atoms with Crippen molar-refractivity contribution in [2.45, 2.75) is 40.0 Å². The minimum atomic E-state index is -1.35. The smallest absolute Gasteiger partial charge is 0.327 e. The second-order valence-electron chi connectivity index (χ2n) is 3.72. The Bertz CT molecular complexity index is 253. The summed E-state index contributed by atoms with van der Waals surface area (Å²) < 4.78 is 9.90. The first kappa shape index (κ1) is 15.7. The Morgan fingerprint density at radius 1 is 1.12 bits per heavy atom. The van der Waals surface area contributed by atoms with Gasteiger partial charge in [-0.3, -0.25) is 9.59 Å². The van der Waals surface area contributed by atoms with Crippen LogP contribution in [0.15, 0.2) is 12.7 Å². The van der Waals surface area contributed by atoms with Crippen LogP contribution in [0.1, 0.15) is 40.0 Å². The van der Waals surface area contributed by atoms with Gasteiger partial charge in [0.2, 0.25) is 0 Å². The molecular weight excluding hydrogens is 220 g/mol. The molecule has 4 heteroatoms. The minimum Gasteiger partial charge on any atom is -0.465 e. The van der Waals surface area contributed by atoms with Gasteiger partial charge < -0.3 is 9.47 Å². The molecule has 0 aromatic rings. The van der Waals surface area contributed by atoms with E-state index >= 15 is 0 Å². The Morgan fingerprint density at radius 2 is 1.59 bits per heavy atom. The van der Waals surface area contributed by atoms with E-state index in [2.05, 4.69) is 6.58 Å². The summed E-state index contributed by atoms with van der Waals surface area (Å²) in [6.07, 6.45) is 3.35. The van der Waals surface area contributed by atoms with Crippen molar-refractivity contribution in [3.8, 4) is 0 Å². The second-order valence-corrected chi connectivity index (χ2v) is 3.72. The lowest BCUT2D eigenvalue weighted by Gasteiger charge is -2.25. The minimum absolute atomic E-state index is 0.236. The van der Waals surface area contributed by atoms with Crippen LogP contribution in [0.4, 0.5) is 0 Å². The van der Waals surface area contributed by atoms with Crippen LogP contribution < -0.4 is 0 Å². The summed E-state index contributed by atoms with van der Waals surface area (Å²) in [5.74, 6) is -1.14. The van der Waals surface area contributed by atoms with Gasteiger partial charge in [-0.25, -0.2) is 0 Å². The number of hydrogen-bond acceptors (Lipinski definition) is 4. The molecule has 0 unspecified atom stereocenters. The fraction of sp³-hybridized carbons (Fsp3) is 0.692. The van der Waals surface area contributed by atoms with Crippen molar-refractivity contribution in [3.05, 3.63) is 12.7 Å². The average Bonchev–Trinajstić information content (AvgIpc) is 2.31. The van der Waals surface area contributed by atoms with Gasteiger partial charge in [0.05, 0.1) is 13.2 Å². The molecule has 0 rings (SSSR count). The summed E-state index contributed by atoms with van der Waals surface area (Å²) in [6.45, 7) is 9.46. The maximum atomic E-state index is 11.9. The number of carbonyl (C=O) groups is 2. The highest BCUT2D eigenvalue weighted by Gasteiger charge is 2.45. The van der Waals surface area contributed by atoms with Crippen molar-refractivity contribution in [2.75, 3.05) is 13.2 Å². The Hall–Kier alpha value is -1.32. The number of unbranched alkanes of at least 4 members (excludes halogenated alkanes) is 1. The van der Waals surface area contributed by atoms with Gasteiger partial charge in [-0.05, 0) is 20.3 Å². The highest BCUT2D eigenvalue weighted by atomic mass is 16.6. The molecule has 0 N–H and O–H groups in total. The molecule has 17 heavy (non-hydrogen) atoms. The molecule has 0 aromatic carbocycles. The molecule has 0 atom stereocenters. The predicted octanol–water partition coefficient (Wildman–Crippen LogP) is 2.48. The van der Waals surface area contributed by atoms with Gasteiger partial charge in [-0.1, -0.05) is 25.8 Å². The average molecular weight is 242 g/mol. The van der Waals surface area contributed by atoms with E-state index in [1.165, 1.54) is 6.08 Å². The lowest BCUT2D eigenvalue weighted by atomic mass is 9.83. The Kier molecular flexibility index (Phi) is 7.26. The van der Waals surface area contributed by atoms with E-state index < -0.39 is 17.4 Å². The van der Waals surface area contributed by atoms with Gasteiger partial charge in [-0.2, -0.15) is 0 Å². The van der Waals surface area contributed by atoms with E-state index in [4.69, 9.17) is 9.47 Å². The van der Waals surface area contributed by atoms with Crippen LogP contribution in [0.5, 0.6) is 0 Å². The van der Waals surface area contributed by atoms with Crippen molar-refractivity contribution < 1.29 is 19.1 Å².